The Bertz CT molecular complexity index is 169. The van der Waals surface area contributed by atoms with Crippen molar-refractivity contribution in [1.29, 1.82) is 0 Å². The molecule has 0 unspecified atom stereocenters. The van der Waals surface area contributed by atoms with Gasteiger partial charge in [0.1, 0.15) is 0 Å². The van der Waals surface area contributed by atoms with Crippen LogP contribution in [0, 0.1) is 0 Å². The van der Waals surface area contributed by atoms with Gasteiger partial charge in [-0.15, -0.1) is 0 Å². The number of thioether (sulfide) groups is 3. The molecule has 0 fully saturated rings. The maximum absolute atomic E-state index is 11.0. The van der Waals surface area contributed by atoms with Gasteiger partial charge in [-0.1, -0.05) is 24.8 Å². The van der Waals surface area contributed by atoms with Gasteiger partial charge in [0.15, 0.2) is 0 Å². The highest BCUT2D eigenvalue weighted by molar-refractivity contribution is 8.14. The summed E-state index contributed by atoms with van der Waals surface area (Å²) < 4.78 is 0. The van der Waals surface area contributed by atoms with Gasteiger partial charge in [0, 0.05) is 23.0 Å². The van der Waals surface area contributed by atoms with E-state index in [2.05, 4.69) is 6.92 Å². The lowest BCUT2D eigenvalue weighted by molar-refractivity contribution is -0.107. The molecular weight excluding hydrogens is 232 g/mol. The van der Waals surface area contributed by atoms with Crippen LogP contribution in [0.25, 0.3) is 0 Å². The van der Waals surface area contributed by atoms with Crippen LogP contribution in [0.3, 0.4) is 0 Å². The maximum atomic E-state index is 11.0. The monoisotopic (exact) mass is 250 g/mol. The Morgan fingerprint density at radius 2 is 1.79 bits per heavy atom. The molecule has 0 spiro atoms. The molecule has 0 aliphatic rings. The predicted octanol–water partition coefficient (Wildman–Crippen LogP) is 3.31. The fraction of sp³-hybridized carbons (Fsp3) is 0.700. The third-order valence-corrected chi connectivity index (χ3v) is 4.58. The van der Waals surface area contributed by atoms with Crippen LogP contribution in [-0.4, -0.2) is 33.9 Å². The molecule has 0 aromatic carbocycles. The summed E-state index contributed by atoms with van der Waals surface area (Å²) in [6.07, 6.45) is 3.42. The second-order valence-electron chi connectivity index (χ2n) is 2.48. The van der Waals surface area contributed by atoms with Crippen molar-refractivity contribution in [3.05, 3.63) is 12.2 Å². The molecule has 0 bridgehead atoms. The molecule has 0 aromatic heterocycles. The molecule has 0 heterocycles. The number of allylic oxidation sites excluding steroid dienone is 1. The van der Waals surface area contributed by atoms with E-state index in [1.165, 1.54) is 29.0 Å². The van der Waals surface area contributed by atoms with E-state index in [4.69, 9.17) is 0 Å². The molecule has 0 aromatic rings. The Morgan fingerprint density at radius 1 is 1.14 bits per heavy atom. The van der Waals surface area contributed by atoms with E-state index >= 15 is 0 Å². The second-order valence-corrected chi connectivity index (χ2v) is 6.19. The number of carbonyl (C=O) groups is 1. The van der Waals surface area contributed by atoms with Crippen molar-refractivity contribution in [2.75, 3.05) is 28.8 Å². The molecule has 0 saturated carbocycles. The SMILES string of the molecule is CC=CC(=O)SCCSCCSCC. The summed E-state index contributed by atoms with van der Waals surface area (Å²) in [5, 5.41) is 0.177. The number of rotatable bonds is 8. The van der Waals surface area contributed by atoms with E-state index < -0.39 is 0 Å². The third-order valence-electron chi connectivity index (χ3n) is 1.35. The van der Waals surface area contributed by atoms with Crippen LogP contribution in [0.5, 0.6) is 0 Å². The van der Waals surface area contributed by atoms with E-state index in [-0.39, 0.29) is 5.12 Å². The predicted molar refractivity (Wildman–Crippen MR) is 72.6 cm³/mol. The normalized spacial score (nSPS) is 11.0. The second kappa shape index (κ2) is 11.5. The van der Waals surface area contributed by atoms with Gasteiger partial charge in [0.05, 0.1) is 0 Å². The molecule has 0 aliphatic carbocycles. The van der Waals surface area contributed by atoms with Crippen LogP contribution in [-0.2, 0) is 4.79 Å². The van der Waals surface area contributed by atoms with E-state index in [0.717, 1.165) is 11.5 Å². The van der Waals surface area contributed by atoms with Gasteiger partial charge >= 0.3 is 0 Å². The lowest BCUT2D eigenvalue weighted by Gasteiger charge is -1.99. The average Bonchev–Trinajstić information content (AvgIpc) is 2.17. The summed E-state index contributed by atoms with van der Waals surface area (Å²) in [6.45, 7) is 4.05. The van der Waals surface area contributed by atoms with Gasteiger partial charge < -0.3 is 0 Å². The minimum absolute atomic E-state index is 0.177. The van der Waals surface area contributed by atoms with Crippen molar-refractivity contribution in [2.24, 2.45) is 0 Å². The Balaban J connectivity index is 3.09. The minimum Gasteiger partial charge on any atom is -0.282 e. The molecule has 1 nitrogen and oxygen atoms in total. The lowest BCUT2D eigenvalue weighted by atomic mass is 10.6. The standard InChI is InChI=1S/C10H18OS3/c1-3-5-10(11)14-9-8-13-7-6-12-4-2/h3,5H,4,6-9H2,1-2H3. The van der Waals surface area contributed by atoms with Crippen molar-refractivity contribution >= 4 is 40.4 Å². The average molecular weight is 250 g/mol. The van der Waals surface area contributed by atoms with Crippen LogP contribution >= 0.6 is 35.3 Å². The van der Waals surface area contributed by atoms with Crippen LogP contribution < -0.4 is 0 Å². The zero-order chi connectivity index (χ0) is 10.6. The largest absolute Gasteiger partial charge is 0.282 e. The van der Waals surface area contributed by atoms with E-state index in [1.54, 1.807) is 12.2 Å². The zero-order valence-corrected chi connectivity index (χ0v) is 11.3. The Morgan fingerprint density at radius 3 is 2.43 bits per heavy atom. The number of hydrogen-bond acceptors (Lipinski definition) is 4. The van der Waals surface area contributed by atoms with E-state index in [1.807, 2.05) is 30.4 Å². The van der Waals surface area contributed by atoms with Crippen molar-refractivity contribution < 1.29 is 4.79 Å². The molecule has 0 rings (SSSR count). The molecule has 14 heavy (non-hydrogen) atoms. The van der Waals surface area contributed by atoms with Crippen molar-refractivity contribution in [2.45, 2.75) is 13.8 Å². The first-order valence-electron chi connectivity index (χ1n) is 4.76. The third kappa shape index (κ3) is 10.5. The molecule has 4 heteroatoms. The highest BCUT2D eigenvalue weighted by Gasteiger charge is 1.96. The Labute approximate surface area is 99.9 Å². The van der Waals surface area contributed by atoms with Crippen molar-refractivity contribution in [1.82, 2.24) is 0 Å². The molecule has 0 amide bonds. The van der Waals surface area contributed by atoms with Gasteiger partial charge in [0.2, 0.25) is 5.12 Å². The topological polar surface area (TPSA) is 17.1 Å². The van der Waals surface area contributed by atoms with Crippen LogP contribution in [0.2, 0.25) is 0 Å². The smallest absolute Gasteiger partial charge is 0.211 e. The summed E-state index contributed by atoms with van der Waals surface area (Å²) in [6, 6.07) is 0. The highest BCUT2D eigenvalue weighted by atomic mass is 32.2. The van der Waals surface area contributed by atoms with E-state index in [9.17, 15) is 4.79 Å². The van der Waals surface area contributed by atoms with E-state index in [0.29, 0.717) is 0 Å². The van der Waals surface area contributed by atoms with Gasteiger partial charge in [-0.05, 0) is 18.8 Å². The summed E-state index contributed by atoms with van der Waals surface area (Å²) in [5.41, 5.74) is 0. The molecule has 0 saturated heterocycles. The summed E-state index contributed by atoms with van der Waals surface area (Å²) in [4.78, 5) is 11.0. The molecule has 0 aliphatic heterocycles. The number of hydrogen-bond donors (Lipinski definition) is 0. The first-order valence-corrected chi connectivity index (χ1v) is 8.05. The minimum atomic E-state index is 0.177. The van der Waals surface area contributed by atoms with Crippen LogP contribution in [0.1, 0.15) is 13.8 Å². The van der Waals surface area contributed by atoms with Crippen LogP contribution in [0.15, 0.2) is 12.2 Å². The summed E-state index contributed by atoms with van der Waals surface area (Å²) >= 11 is 5.32. The van der Waals surface area contributed by atoms with Crippen molar-refractivity contribution in [3.63, 3.8) is 0 Å². The van der Waals surface area contributed by atoms with Crippen molar-refractivity contribution in [3.8, 4) is 0 Å². The van der Waals surface area contributed by atoms with Gasteiger partial charge in [0.25, 0.3) is 0 Å². The zero-order valence-electron chi connectivity index (χ0n) is 8.82. The molecule has 0 N–H and O–H groups in total. The molecular formula is C10H18OS3. The van der Waals surface area contributed by atoms with Gasteiger partial charge in [-0.2, -0.15) is 23.5 Å². The Hall–Kier alpha value is 0.460. The first kappa shape index (κ1) is 14.5. The summed E-state index contributed by atoms with van der Waals surface area (Å²) in [7, 11) is 0. The Kier molecular flexibility index (Phi) is 11.9. The maximum Gasteiger partial charge on any atom is 0.211 e. The number of carbonyl (C=O) groups excluding carboxylic acids is 1. The quantitative estimate of drug-likeness (QED) is 0.485. The van der Waals surface area contributed by atoms with Crippen LogP contribution in [0.4, 0.5) is 0 Å². The fourth-order valence-electron chi connectivity index (χ4n) is 0.750. The lowest BCUT2D eigenvalue weighted by Crippen LogP contribution is -1.93. The first-order chi connectivity index (χ1) is 6.81. The molecule has 82 valence electrons. The van der Waals surface area contributed by atoms with Gasteiger partial charge in [-0.3, -0.25) is 4.79 Å². The summed E-state index contributed by atoms with van der Waals surface area (Å²) in [5.74, 6) is 5.66. The molecule has 0 atom stereocenters. The molecule has 0 radical (unpaired) electrons. The van der Waals surface area contributed by atoms with Gasteiger partial charge in [-0.25, -0.2) is 0 Å². The fourth-order valence-corrected chi connectivity index (χ4v) is 3.42. The highest BCUT2D eigenvalue weighted by Crippen LogP contribution is 2.10.